The predicted molar refractivity (Wildman–Crippen MR) is 79.6 cm³/mol. The second-order valence-electron chi connectivity index (χ2n) is 4.34. The first-order chi connectivity index (χ1) is 9.90. The van der Waals surface area contributed by atoms with Crippen LogP contribution in [-0.4, -0.2) is 28.9 Å². The smallest absolute Gasteiger partial charge is 0.332 e. The number of nitrogens with zero attached hydrogens (tertiary/aromatic N) is 6. The molecule has 3 heterocycles. The third-order valence-corrected chi connectivity index (χ3v) is 4.89. The van der Waals surface area contributed by atoms with Gasteiger partial charge in [0.25, 0.3) is 5.56 Å². The summed E-state index contributed by atoms with van der Waals surface area (Å²) in [5, 5.41) is 8.53. The van der Waals surface area contributed by atoms with Crippen molar-refractivity contribution in [3.63, 3.8) is 0 Å². The minimum Gasteiger partial charge on any atom is -0.374 e. The van der Waals surface area contributed by atoms with Crippen molar-refractivity contribution in [3.05, 3.63) is 20.8 Å². The van der Waals surface area contributed by atoms with E-state index in [0.717, 1.165) is 4.57 Å². The Labute approximate surface area is 126 Å². The lowest BCUT2D eigenvalue weighted by atomic mass is 10.5. The van der Waals surface area contributed by atoms with Gasteiger partial charge in [-0.05, 0) is 11.8 Å². The molecule has 0 fully saturated rings. The summed E-state index contributed by atoms with van der Waals surface area (Å²) in [6, 6.07) is 0. The van der Waals surface area contributed by atoms with Gasteiger partial charge >= 0.3 is 5.69 Å². The Balaban J connectivity index is 2.25. The molecule has 110 valence electrons. The lowest BCUT2D eigenvalue weighted by Gasteiger charge is -2.03. The molecule has 0 saturated carbocycles. The lowest BCUT2D eigenvalue weighted by molar-refractivity contribution is 0.705. The molecule has 0 spiro atoms. The third-order valence-electron chi connectivity index (χ3n) is 3.04. The summed E-state index contributed by atoms with van der Waals surface area (Å²) in [7, 11) is 4.73. The van der Waals surface area contributed by atoms with Crippen LogP contribution >= 0.6 is 23.1 Å². The second kappa shape index (κ2) is 4.70. The Bertz CT molecular complexity index is 964. The number of anilines is 1. The standard InChI is InChI=1S/C10H11N7O2S2/c1-15-4-5(16(2)10(19)17(3)6(4)18)12-8(15)21-9-14-13-7(11)20-9/h1-3H3,(H2,11,13). The van der Waals surface area contributed by atoms with E-state index in [1.807, 2.05) is 0 Å². The van der Waals surface area contributed by atoms with Crippen LogP contribution < -0.4 is 17.0 Å². The summed E-state index contributed by atoms with van der Waals surface area (Å²) in [6.07, 6.45) is 0. The molecule has 0 unspecified atom stereocenters. The Morgan fingerprint density at radius 1 is 1.10 bits per heavy atom. The van der Waals surface area contributed by atoms with Crippen molar-refractivity contribution in [3.8, 4) is 0 Å². The number of rotatable bonds is 2. The van der Waals surface area contributed by atoms with E-state index in [1.165, 1.54) is 34.7 Å². The molecule has 9 nitrogen and oxygen atoms in total. The molecule has 0 atom stereocenters. The summed E-state index contributed by atoms with van der Waals surface area (Å²) >= 11 is 2.47. The summed E-state index contributed by atoms with van der Waals surface area (Å²) in [5.41, 5.74) is 5.44. The zero-order chi connectivity index (χ0) is 15.3. The first kappa shape index (κ1) is 13.8. The quantitative estimate of drug-likeness (QED) is 0.679. The maximum absolute atomic E-state index is 12.2. The van der Waals surface area contributed by atoms with Crippen LogP contribution in [0.25, 0.3) is 11.2 Å². The number of hydrogen-bond donors (Lipinski definition) is 1. The average Bonchev–Trinajstić information content (AvgIpc) is 2.99. The molecule has 0 amide bonds. The van der Waals surface area contributed by atoms with Gasteiger partial charge in [-0.15, -0.1) is 10.2 Å². The van der Waals surface area contributed by atoms with E-state index >= 15 is 0 Å². The maximum atomic E-state index is 12.2. The third kappa shape index (κ3) is 2.05. The monoisotopic (exact) mass is 325 g/mol. The fraction of sp³-hybridized carbons (Fsp3) is 0.300. The van der Waals surface area contributed by atoms with Gasteiger partial charge in [-0.1, -0.05) is 11.3 Å². The van der Waals surface area contributed by atoms with Crippen molar-refractivity contribution < 1.29 is 0 Å². The molecule has 3 aromatic rings. The van der Waals surface area contributed by atoms with E-state index in [4.69, 9.17) is 5.73 Å². The van der Waals surface area contributed by atoms with Gasteiger partial charge in [0.1, 0.15) is 0 Å². The molecule has 0 saturated heterocycles. The van der Waals surface area contributed by atoms with E-state index in [1.54, 1.807) is 18.7 Å². The lowest BCUT2D eigenvalue weighted by Crippen LogP contribution is -2.37. The number of hydrogen-bond acceptors (Lipinski definition) is 8. The van der Waals surface area contributed by atoms with Crippen LogP contribution in [0.2, 0.25) is 0 Å². The van der Waals surface area contributed by atoms with Gasteiger partial charge in [0, 0.05) is 21.1 Å². The SMILES string of the molecule is Cn1c(=O)c2c(nc(Sc3nnc(N)s3)n2C)n(C)c1=O. The first-order valence-corrected chi connectivity index (χ1v) is 7.42. The molecule has 2 N–H and O–H groups in total. The van der Waals surface area contributed by atoms with Gasteiger partial charge in [-0.25, -0.2) is 9.78 Å². The summed E-state index contributed by atoms with van der Waals surface area (Å²) in [5.74, 6) is 0. The average molecular weight is 325 g/mol. The molecule has 0 bridgehead atoms. The van der Waals surface area contributed by atoms with Crippen molar-refractivity contribution in [1.82, 2.24) is 28.9 Å². The van der Waals surface area contributed by atoms with Crippen LogP contribution in [0.1, 0.15) is 0 Å². The highest BCUT2D eigenvalue weighted by Gasteiger charge is 2.18. The Morgan fingerprint density at radius 2 is 1.81 bits per heavy atom. The van der Waals surface area contributed by atoms with Gasteiger partial charge < -0.3 is 10.3 Å². The molecule has 3 rings (SSSR count). The Kier molecular flexibility index (Phi) is 3.10. The van der Waals surface area contributed by atoms with Crippen molar-refractivity contribution >= 4 is 39.4 Å². The van der Waals surface area contributed by atoms with Gasteiger partial charge in [-0.2, -0.15) is 0 Å². The van der Waals surface area contributed by atoms with Crippen molar-refractivity contribution in [2.45, 2.75) is 9.50 Å². The minimum atomic E-state index is -0.415. The highest BCUT2D eigenvalue weighted by atomic mass is 32.2. The van der Waals surface area contributed by atoms with Gasteiger partial charge in [0.05, 0.1) is 0 Å². The molecule has 0 aliphatic carbocycles. The molecule has 11 heteroatoms. The first-order valence-electron chi connectivity index (χ1n) is 5.79. The van der Waals surface area contributed by atoms with Crippen molar-refractivity contribution in [2.24, 2.45) is 21.1 Å². The second-order valence-corrected chi connectivity index (χ2v) is 6.56. The van der Waals surface area contributed by atoms with Crippen LogP contribution in [0.4, 0.5) is 5.13 Å². The zero-order valence-corrected chi connectivity index (χ0v) is 13.0. The molecule has 21 heavy (non-hydrogen) atoms. The van der Waals surface area contributed by atoms with Gasteiger partial charge in [0.2, 0.25) is 5.13 Å². The minimum absolute atomic E-state index is 0.339. The van der Waals surface area contributed by atoms with Gasteiger partial charge in [-0.3, -0.25) is 13.9 Å². The highest BCUT2D eigenvalue weighted by molar-refractivity contribution is 8.01. The van der Waals surface area contributed by atoms with E-state index in [9.17, 15) is 9.59 Å². The van der Waals surface area contributed by atoms with Crippen LogP contribution in [0.3, 0.4) is 0 Å². The zero-order valence-electron chi connectivity index (χ0n) is 11.4. The maximum Gasteiger partial charge on any atom is 0.332 e. The largest absolute Gasteiger partial charge is 0.374 e. The van der Waals surface area contributed by atoms with Gasteiger partial charge in [0.15, 0.2) is 20.7 Å². The van der Waals surface area contributed by atoms with Crippen LogP contribution in [-0.2, 0) is 21.1 Å². The summed E-state index contributed by atoms with van der Waals surface area (Å²) in [4.78, 5) is 28.5. The number of nitrogen functional groups attached to an aromatic ring is 1. The molecular formula is C10H11N7O2S2. The summed E-state index contributed by atoms with van der Waals surface area (Å²) in [6.45, 7) is 0. The summed E-state index contributed by atoms with van der Waals surface area (Å²) < 4.78 is 4.66. The van der Waals surface area contributed by atoms with Crippen LogP contribution in [0.5, 0.6) is 0 Å². The number of aromatic nitrogens is 6. The number of imidazole rings is 1. The predicted octanol–water partition coefficient (Wildman–Crippen LogP) is -0.444. The fourth-order valence-electron chi connectivity index (χ4n) is 1.93. The number of nitrogens with two attached hydrogens (primary N) is 1. The molecule has 0 aromatic carbocycles. The van der Waals surface area contributed by atoms with E-state index in [2.05, 4.69) is 15.2 Å². The van der Waals surface area contributed by atoms with Crippen LogP contribution in [0.15, 0.2) is 19.1 Å². The van der Waals surface area contributed by atoms with E-state index < -0.39 is 5.69 Å². The van der Waals surface area contributed by atoms with E-state index in [-0.39, 0.29) is 5.56 Å². The topological polar surface area (TPSA) is 114 Å². The van der Waals surface area contributed by atoms with Crippen molar-refractivity contribution in [2.75, 3.05) is 5.73 Å². The molecule has 3 aromatic heterocycles. The fourth-order valence-corrected chi connectivity index (χ4v) is 3.52. The van der Waals surface area contributed by atoms with Crippen LogP contribution in [0, 0.1) is 0 Å². The van der Waals surface area contributed by atoms with Crippen molar-refractivity contribution in [1.29, 1.82) is 0 Å². The Morgan fingerprint density at radius 3 is 2.43 bits per heavy atom. The number of fused-ring (bicyclic) bond motifs is 1. The normalized spacial score (nSPS) is 11.4. The molecule has 0 radical (unpaired) electrons. The molecule has 0 aliphatic heterocycles. The number of aryl methyl sites for hydroxylation is 2. The highest BCUT2D eigenvalue weighted by Crippen LogP contribution is 2.30. The molecule has 0 aliphatic rings. The van der Waals surface area contributed by atoms with E-state index in [0.29, 0.717) is 25.8 Å². The molecular weight excluding hydrogens is 314 g/mol. The Hall–Kier alpha value is -2.14.